The van der Waals surface area contributed by atoms with Crippen molar-refractivity contribution in [2.24, 2.45) is 5.92 Å². The minimum atomic E-state index is -1.01. The third-order valence-electron chi connectivity index (χ3n) is 14.3. The fourth-order valence-corrected chi connectivity index (χ4v) is 11.1. The van der Waals surface area contributed by atoms with Gasteiger partial charge in [-0.1, -0.05) is 25.0 Å². The molecular weight excluding hydrogens is 969 g/mol. The maximum absolute atomic E-state index is 13.3. The van der Waals surface area contributed by atoms with E-state index in [1.807, 2.05) is 28.0 Å². The molecule has 4 fully saturated rings. The summed E-state index contributed by atoms with van der Waals surface area (Å²) in [7, 11) is 0. The number of aromatic nitrogens is 3. The number of unbranched alkanes of at least 4 members (excludes halogenated alkanes) is 1. The first-order valence-corrected chi connectivity index (χ1v) is 27.1. The van der Waals surface area contributed by atoms with Gasteiger partial charge in [0, 0.05) is 100 Å². The molecule has 7 heterocycles. The van der Waals surface area contributed by atoms with Gasteiger partial charge in [0.25, 0.3) is 17.7 Å². The van der Waals surface area contributed by atoms with Crippen LogP contribution in [0.2, 0.25) is 0 Å². The van der Waals surface area contributed by atoms with Gasteiger partial charge in [0.2, 0.25) is 23.6 Å². The molecule has 4 saturated heterocycles. The number of anilines is 1. The summed E-state index contributed by atoms with van der Waals surface area (Å²) in [5.74, 6) is -0.293. The Bertz CT molecular complexity index is 2440. The average molecular weight is 1040 g/mol. The number of hydrogen-bond donors (Lipinski definition) is 2. The lowest BCUT2D eigenvalue weighted by Crippen LogP contribution is -2.54. The molecule has 396 valence electrons. The average Bonchev–Trinajstić information content (AvgIpc) is 3.69. The molecule has 5 aliphatic heterocycles. The maximum Gasteiger partial charge on any atom is 0.274 e. The highest BCUT2D eigenvalue weighted by molar-refractivity contribution is 7.99. The number of rotatable bonds is 24. The van der Waals surface area contributed by atoms with E-state index >= 15 is 0 Å². The van der Waals surface area contributed by atoms with E-state index in [1.165, 1.54) is 17.8 Å². The zero-order chi connectivity index (χ0) is 51.7. The van der Waals surface area contributed by atoms with Gasteiger partial charge < -0.3 is 34.2 Å². The van der Waals surface area contributed by atoms with Crippen LogP contribution in [0.1, 0.15) is 101 Å². The van der Waals surface area contributed by atoms with E-state index in [0.29, 0.717) is 107 Å². The predicted octanol–water partition coefficient (Wildman–Crippen LogP) is 3.47. The van der Waals surface area contributed by atoms with Gasteiger partial charge in [0.15, 0.2) is 11.5 Å². The Morgan fingerprint density at radius 3 is 2.23 bits per heavy atom. The molecule has 21 heteroatoms. The van der Waals surface area contributed by atoms with Gasteiger partial charge >= 0.3 is 0 Å². The molecule has 3 aromatic rings. The summed E-state index contributed by atoms with van der Waals surface area (Å²) < 4.78 is 17.0. The fraction of sp³-hybridized carbons (Fsp3) is 0.547. The Morgan fingerprint density at radius 1 is 0.757 bits per heavy atom. The van der Waals surface area contributed by atoms with Crippen molar-refractivity contribution in [3.05, 3.63) is 83.3 Å². The van der Waals surface area contributed by atoms with Gasteiger partial charge in [-0.25, -0.2) is 0 Å². The first-order chi connectivity index (χ1) is 36.1. The maximum atomic E-state index is 13.3. The zero-order valence-electron chi connectivity index (χ0n) is 42.0. The lowest BCUT2D eigenvalue weighted by Gasteiger charge is -2.43. The van der Waals surface area contributed by atoms with Crippen LogP contribution in [0.4, 0.5) is 5.82 Å². The number of pyridine rings is 1. The van der Waals surface area contributed by atoms with Gasteiger partial charge in [-0.3, -0.25) is 53.7 Å². The van der Waals surface area contributed by atoms with Crippen LogP contribution >= 0.6 is 11.8 Å². The number of ether oxygens (including phenoxy) is 3. The number of fused-ring (bicyclic) bond motifs is 1. The molecule has 5 aliphatic rings. The highest BCUT2D eigenvalue weighted by atomic mass is 32.2. The van der Waals surface area contributed by atoms with E-state index in [9.17, 15) is 33.6 Å². The smallest absolute Gasteiger partial charge is 0.274 e. The summed E-state index contributed by atoms with van der Waals surface area (Å²) >= 11 is 1.39. The molecule has 8 rings (SSSR count). The molecule has 0 radical (unpaired) electrons. The van der Waals surface area contributed by atoms with E-state index in [4.69, 9.17) is 14.2 Å². The molecule has 20 nitrogen and oxygen atoms in total. The number of nitrogens with zero attached hydrogens (tertiary/aromatic N) is 8. The Morgan fingerprint density at radius 2 is 1.51 bits per heavy atom. The van der Waals surface area contributed by atoms with Crippen molar-refractivity contribution in [3.63, 3.8) is 0 Å². The fourth-order valence-electron chi connectivity index (χ4n) is 10.1. The second-order valence-electron chi connectivity index (χ2n) is 19.1. The van der Waals surface area contributed by atoms with Crippen molar-refractivity contribution >= 4 is 65.0 Å². The quantitative estimate of drug-likeness (QED) is 0.0567. The molecule has 0 bridgehead atoms. The number of piperazine rings is 1. The summed E-state index contributed by atoms with van der Waals surface area (Å²) in [5.41, 5.74) is 1.80. The van der Waals surface area contributed by atoms with Crippen LogP contribution in [0.25, 0.3) is 6.08 Å². The van der Waals surface area contributed by atoms with Crippen LogP contribution in [0, 0.1) is 5.92 Å². The van der Waals surface area contributed by atoms with E-state index in [0.717, 1.165) is 87.4 Å². The number of hydrogen-bond acceptors (Lipinski definition) is 16. The topological polar surface area (TPSA) is 226 Å². The first kappa shape index (κ1) is 54.1. The summed E-state index contributed by atoms with van der Waals surface area (Å²) in [6.07, 6.45) is 14.2. The number of carbonyl (C=O) groups is 7. The van der Waals surface area contributed by atoms with Crippen LogP contribution in [0.3, 0.4) is 0 Å². The third-order valence-corrected chi connectivity index (χ3v) is 15.3. The van der Waals surface area contributed by atoms with Crippen molar-refractivity contribution in [2.45, 2.75) is 81.2 Å². The molecule has 1 atom stereocenters. The molecule has 2 N–H and O–H groups in total. The molecule has 1 aromatic carbocycles. The van der Waals surface area contributed by atoms with Crippen molar-refractivity contribution in [1.29, 1.82) is 0 Å². The predicted molar refractivity (Wildman–Crippen MR) is 275 cm³/mol. The van der Waals surface area contributed by atoms with Crippen molar-refractivity contribution in [1.82, 2.24) is 45.4 Å². The number of carbonyl (C=O) groups excluding carboxylic acids is 7. The zero-order valence-corrected chi connectivity index (χ0v) is 42.9. The first-order valence-electron chi connectivity index (χ1n) is 26.1. The van der Waals surface area contributed by atoms with E-state index in [1.54, 1.807) is 42.7 Å². The SMILES string of the molecule is O=C(/C=C/c1cccnc1)NCCCCC1CCN(C(=O)c2ccc(N3CCC(N4CCN(C(=O)CCOCCOCCOCCSc5cccc6c5C(=O)N(C5CCC(=O)NC5=O)C6=O)CC4)CC3)nn2)CC1. The molecule has 0 aliphatic carbocycles. The Hall–Kier alpha value is -6.13. The van der Waals surface area contributed by atoms with Gasteiger partial charge in [0.1, 0.15) is 6.04 Å². The van der Waals surface area contributed by atoms with Gasteiger partial charge in [-0.05, 0) is 86.4 Å². The second-order valence-corrected chi connectivity index (χ2v) is 20.3. The van der Waals surface area contributed by atoms with Crippen LogP contribution in [0.5, 0.6) is 0 Å². The third kappa shape index (κ3) is 14.8. The van der Waals surface area contributed by atoms with E-state index in [2.05, 4.69) is 35.6 Å². The molecule has 0 spiro atoms. The number of amides is 7. The van der Waals surface area contributed by atoms with Crippen molar-refractivity contribution in [2.75, 3.05) is 109 Å². The molecule has 74 heavy (non-hydrogen) atoms. The largest absolute Gasteiger partial charge is 0.379 e. The van der Waals surface area contributed by atoms with Crippen LogP contribution in [0.15, 0.2) is 65.8 Å². The Balaban J connectivity index is 0.615. The number of imide groups is 2. The number of nitrogens with one attached hydrogen (secondary N) is 2. The summed E-state index contributed by atoms with van der Waals surface area (Å²) in [5, 5.41) is 14.0. The molecule has 0 saturated carbocycles. The standard InChI is InChI=1S/C53H68N10O10S/c64-46(13-9-39-6-4-20-54-37-39)55-21-2-1-5-38-15-22-62(23-16-38)52(69)42-10-12-45(58-57-42)60-24-17-40(18-25-60)59-26-28-61(29-27-59)48(66)19-30-71-31-32-72-33-34-73-35-36-74-44-8-3-7-41-49(44)53(70)63(51(41)68)43-11-14-47(65)56-50(43)67/h3-4,6-10,12-13,20,37-38,40,43H,1-2,5,11,14-19,21-36H2,(H,55,64)(H,56,65,67)/b13-9+. The van der Waals surface area contributed by atoms with E-state index < -0.39 is 29.7 Å². The van der Waals surface area contributed by atoms with Crippen molar-refractivity contribution in [3.8, 4) is 0 Å². The van der Waals surface area contributed by atoms with Crippen LogP contribution < -0.4 is 15.5 Å². The molecular formula is C53H68N10O10S. The number of thioether (sulfide) groups is 1. The summed E-state index contributed by atoms with van der Waals surface area (Å²) in [4.78, 5) is 103. The van der Waals surface area contributed by atoms with E-state index in [-0.39, 0.29) is 41.7 Å². The Kier molecular flexibility index (Phi) is 20.1. The van der Waals surface area contributed by atoms with Crippen LogP contribution in [-0.2, 0) is 33.4 Å². The van der Waals surface area contributed by atoms with Gasteiger partial charge in [-0.15, -0.1) is 22.0 Å². The van der Waals surface area contributed by atoms with Gasteiger partial charge in [0.05, 0.1) is 57.2 Å². The minimum absolute atomic E-state index is 0.0660. The summed E-state index contributed by atoms with van der Waals surface area (Å²) in [6, 6.07) is 11.9. The molecule has 2 aromatic heterocycles. The van der Waals surface area contributed by atoms with Crippen LogP contribution in [-0.4, -0.2) is 193 Å². The normalized spacial score (nSPS) is 19.1. The molecule has 7 amide bonds. The number of likely N-dealkylation sites (tertiary alicyclic amines) is 1. The number of benzene rings is 1. The summed E-state index contributed by atoms with van der Waals surface area (Å²) in [6.45, 7) is 9.04. The Labute approximate surface area is 436 Å². The monoisotopic (exact) mass is 1040 g/mol. The van der Waals surface area contributed by atoms with Gasteiger partial charge in [-0.2, -0.15) is 0 Å². The highest BCUT2D eigenvalue weighted by Crippen LogP contribution is 2.34. The lowest BCUT2D eigenvalue weighted by atomic mass is 9.91. The minimum Gasteiger partial charge on any atom is -0.379 e. The number of piperidine rings is 3. The molecule has 1 unspecified atom stereocenters. The second kappa shape index (κ2) is 27.4. The lowest BCUT2D eigenvalue weighted by molar-refractivity contribution is -0.136. The van der Waals surface area contributed by atoms with Crippen molar-refractivity contribution < 1.29 is 47.8 Å². The highest BCUT2D eigenvalue weighted by Gasteiger charge is 2.45.